The summed E-state index contributed by atoms with van der Waals surface area (Å²) in [6, 6.07) is 0.0253. The van der Waals surface area contributed by atoms with Crippen molar-refractivity contribution in [3.63, 3.8) is 0 Å². The van der Waals surface area contributed by atoms with E-state index in [1.165, 1.54) is 0 Å². The summed E-state index contributed by atoms with van der Waals surface area (Å²) in [5, 5.41) is 12.5. The molecule has 1 fully saturated rings. The standard InChI is InChI=1S/C12H17N3O3S/c1-8-13-6-10(19-8)7-14-12(18)15(9-2-3-9)5-4-11(16)17/h6,9H,2-5,7H2,1H3,(H,14,18)(H,16,17). The monoisotopic (exact) mass is 283 g/mol. The van der Waals surface area contributed by atoms with Gasteiger partial charge in [-0.05, 0) is 19.8 Å². The quantitative estimate of drug-likeness (QED) is 0.830. The number of carbonyl (C=O) groups excluding carboxylic acids is 1. The van der Waals surface area contributed by atoms with E-state index in [9.17, 15) is 9.59 Å². The minimum Gasteiger partial charge on any atom is -0.481 e. The average Bonchev–Trinajstić information content (AvgIpc) is 3.09. The Bertz CT molecular complexity index is 471. The van der Waals surface area contributed by atoms with E-state index in [2.05, 4.69) is 10.3 Å². The molecule has 0 spiro atoms. The van der Waals surface area contributed by atoms with Crippen LogP contribution in [0.15, 0.2) is 6.20 Å². The third-order valence-electron chi connectivity index (χ3n) is 2.90. The maximum atomic E-state index is 12.0. The van der Waals surface area contributed by atoms with Gasteiger partial charge in [-0.15, -0.1) is 11.3 Å². The molecule has 7 heteroatoms. The summed E-state index contributed by atoms with van der Waals surface area (Å²) in [5.41, 5.74) is 0. The van der Waals surface area contributed by atoms with Gasteiger partial charge in [-0.25, -0.2) is 9.78 Å². The van der Waals surface area contributed by atoms with Gasteiger partial charge >= 0.3 is 12.0 Å². The molecule has 0 unspecified atom stereocenters. The molecule has 0 aromatic carbocycles. The Morgan fingerprint density at radius 3 is 2.84 bits per heavy atom. The second-order valence-electron chi connectivity index (χ2n) is 4.57. The molecule has 0 radical (unpaired) electrons. The van der Waals surface area contributed by atoms with Crippen LogP contribution >= 0.6 is 11.3 Å². The Morgan fingerprint density at radius 1 is 1.58 bits per heavy atom. The minimum atomic E-state index is -0.878. The summed E-state index contributed by atoms with van der Waals surface area (Å²) in [4.78, 5) is 29.4. The first-order valence-electron chi connectivity index (χ1n) is 6.24. The van der Waals surface area contributed by atoms with Gasteiger partial charge < -0.3 is 15.3 Å². The van der Waals surface area contributed by atoms with E-state index in [0.717, 1.165) is 22.7 Å². The van der Waals surface area contributed by atoms with E-state index in [-0.39, 0.29) is 25.0 Å². The van der Waals surface area contributed by atoms with Crippen LogP contribution in [0, 0.1) is 6.92 Å². The lowest BCUT2D eigenvalue weighted by molar-refractivity contribution is -0.137. The SMILES string of the molecule is Cc1ncc(CNC(=O)N(CCC(=O)O)C2CC2)s1. The number of hydrogen-bond acceptors (Lipinski definition) is 4. The number of nitrogens with zero attached hydrogens (tertiary/aromatic N) is 2. The first kappa shape index (κ1) is 13.8. The van der Waals surface area contributed by atoms with Crippen LogP contribution in [0.5, 0.6) is 0 Å². The van der Waals surface area contributed by atoms with Gasteiger partial charge in [0.15, 0.2) is 0 Å². The molecule has 1 aliphatic rings. The highest BCUT2D eigenvalue weighted by Gasteiger charge is 2.32. The fourth-order valence-corrected chi connectivity index (χ4v) is 2.54. The highest BCUT2D eigenvalue weighted by Crippen LogP contribution is 2.27. The lowest BCUT2D eigenvalue weighted by Gasteiger charge is -2.21. The summed E-state index contributed by atoms with van der Waals surface area (Å²) >= 11 is 1.55. The van der Waals surface area contributed by atoms with Crippen LogP contribution in [0.3, 0.4) is 0 Å². The Morgan fingerprint density at radius 2 is 2.32 bits per heavy atom. The van der Waals surface area contributed by atoms with E-state index in [1.807, 2.05) is 6.92 Å². The third kappa shape index (κ3) is 4.20. The molecule has 19 heavy (non-hydrogen) atoms. The van der Waals surface area contributed by atoms with Crippen molar-refractivity contribution in [2.24, 2.45) is 0 Å². The van der Waals surface area contributed by atoms with Gasteiger partial charge in [0.2, 0.25) is 0 Å². The van der Waals surface area contributed by atoms with Crippen LogP contribution in [-0.2, 0) is 11.3 Å². The first-order valence-corrected chi connectivity index (χ1v) is 7.05. The molecule has 1 aromatic heterocycles. The molecule has 1 heterocycles. The van der Waals surface area contributed by atoms with Crippen molar-refractivity contribution in [3.8, 4) is 0 Å². The van der Waals surface area contributed by atoms with Gasteiger partial charge in [-0.3, -0.25) is 4.79 Å². The lowest BCUT2D eigenvalue weighted by atomic mass is 10.4. The number of aromatic nitrogens is 1. The summed E-state index contributed by atoms with van der Waals surface area (Å²) in [7, 11) is 0. The third-order valence-corrected chi connectivity index (χ3v) is 3.81. The summed E-state index contributed by atoms with van der Waals surface area (Å²) in [5.74, 6) is -0.878. The lowest BCUT2D eigenvalue weighted by Crippen LogP contribution is -2.42. The second kappa shape index (κ2) is 6.01. The number of aliphatic carboxylic acids is 1. The number of amides is 2. The molecule has 6 nitrogen and oxygen atoms in total. The number of nitrogens with one attached hydrogen (secondary N) is 1. The van der Waals surface area contributed by atoms with Gasteiger partial charge in [0.25, 0.3) is 0 Å². The molecule has 1 aliphatic carbocycles. The van der Waals surface area contributed by atoms with E-state index in [0.29, 0.717) is 6.54 Å². The topological polar surface area (TPSA) is 82.5 Å². The molecule has 2 N–H and O–H groups in total. The summed E-state index contributed by atoms with van der Waals surface area (Å²) in [6.45, 7) is 2.63. The highest BCUT2D eigenvalue weighted by molar-refractivity contribution is 7.11. The van der Waals surface area contributed by atoms with Crippen molar-refractivity contribution in [3.05, 3.63) is 16.1 Å². The van der Waals surface area contributed by atoms with Gasteiger partial charge in [0.05, 0.1) is 18.0 Å². The van der Waals surface area contributed by atoms with Crippen LogP contribution in [-0.4, -0.2) is 39.6 Å². The maximum absolute atomic E-state index is 12.0. The maximum Gasteiger partial charge on any atom is 0.317 e. The smallest absolute Gasteiger partial charge is 0.317 e. The average molecular weight is 283 g/mol. The fraction of sp³-hybridized carbons (Fsp3) is 0.583. The molecular formula is C12H17N3O3S. The first-order chi connectivity index (χ1) is 9.06. The summed E-state index contributed by atoms with van der Waals surface area (Å²) in [6.07, 6.45) is 3.67. The van der Waals surface area contributed by atoms with Crippen molar-refractivity contribution in [2.75, 3.05) is 6.54 Å². The predicted molar refractivity (Wildman–Crippen MR) is 71.1 cm³/mol. The van der Waals surface area contributed by atoms with Gasteiger partial charge in [0.1, 0.15) is 0 Å². The van der Waals surface area contributed by atoms with E-state index in [4.69, 9.17) is 5.11 Å². The highest BCUT2D eigenvalue weighted by atomic mass is 32.1. The van der Waals surface area contributed by atoms with Gasteiger partial charge in [-0.1, -0.05) is 0 Å². The number of carboxylic acids is 1. The largest absolute Gasteiger partial charge is 0.481 e. The molecule has 1 aromatic rings. The van der Waals surface area contributed by atoms with Crippen molar-refractivity contribution in [1.82, 2.24) is 15.2 Å². The van der Waals surface area contributed by atoms with Gasteiger partial charge in [-0.2, -0.15) is 0 Å². The molecular weight excluding hydrogens is 266 g/mol. The number of hydrogen-bond donors (Lipinski definition) is 2. The van der Waals surface area contributed by atoms with Crippen LogP contribution in [0.2, 0.25) is 0 Å². The molecule has 2 rings (SSSR count). The number of rotatable bonds is 6. The minimum absolute atomic E-state index is 0.0103. The Labute approximate surface area is 115 Å². The molecule has 104 valence electrons. The number of carbonyl (C=O) groups is 2. The van der Waals surface area contributed by atoms with Crippen molar-refractivity contribution >= 4 is 23.3 Å². The molecule has 0 bridgehead atoms. The van der Waals surface area contributed by atoms with Crippen LogP contribution in [0.4, 0.5) is 4.79 Å². The Kier molecular flexibility index (Phi) is 4.36. The van der Waals surface area contributed by atoms with E-state index < -0.39 is 5.97 Å². The molecule has 0 aliphatic heterocycles. The Balaban J connectivity index is 1.83. The zero-order valence-corrected chi connectivity index (χ0v) is 11.6. The number of thiazole rings is 1. The normalized spacial score (nSPS) is 14.2. The number of aryl methyl sites for hydroxylation is 1. The molecule has 1 saturated carbocycles. The van der Waals surface area contributed by atoms with Crippen LogP contribution in [0.1, 0.15) is 29.1 Å². The zero-order chi connectivity index (χ0) is 13.8. The summed E-state index contributed by atoms with van der Waals surface area (Å²) < 4.78 is 0. The van der Waals surface area contributed by atoms with Crippen LogP contribution < -0.4 is 5.32 Å². The molecule has 2 amide bonds. The van der Waals surface area contributed by atoms with E-state index >= 15 is 0 Å². The fourth-order valence-electron chi connectivity index (χ4n) is 1.80. The second-order valence-corrected chi connectivity index (χ2v) is 5.89. The van der Waals surface area contributed by atoms with Crippen molar-refractivity contribution < 1.29 is 14.7 Å². The zero-order valence-electron chi connectivity index (χ0n) is 10.8. The van der Waals surface area contributed by atoms with Crippen molar-refractivity contribution in [2.45, 2.75) is 38.8 Å². The Hall–Kier alpha value is -1.63. The van der Waals surface area contributed by atoms with Gasteiger partial charge in [0, 0.05) is 23.7 Å². The predicted octanol–water partition coefficient (Wildman–Crippen LogP) is 1.60. The van der Waals surface area contributed by atoms with Crippen molar-refractivity contribution in [1.29, 1.82) is 0 Å². The number of carboxylic acid groups (broad SMARTS) is 1. The number of urea groups is 1. The van der Waals surface area contributed by atoms with E-state index in [1.54, 1.807) is 22.4 Å². The molecule has 0 saturated heterocycles. The van der Waals surface area contributed by atoms with Crippen LogP contribution in [0.25, 0.3) is 0 Å². The molecule has 0 atom stereocenters.